The van der Waals surface area contributed by atoms with E-state index in [1.807, 2.05) is 42.3 Å². The first-order chi connectivity index (χ1) is 8.22. The van der Waals surface area contributed by atoms with Gasteiger partial charge >= 0.3 is 0 Å². The maximum Gasteiger partial charge on any atom is 0.104 e. The van der Waals surface area contributed by atoms with Crippen LogP contribution in [0, 0.1) is 0 Å². The Morgan fingerprint density at radius 1 is 1.35 bits per heavy atom. The summed E-state index contributed by atoms with van der Waals surface area (Å²) in [6.07, 6.45) is 3.70. The minimum Gasteiger partial charge on any atom is -0.399 e. The largest absolute Gasteiger partial charge is 0.399 e. The van der Waals surface area contributed by atoms with Crippen LogP contribution >= 0.6 is 0 Å². The number of hydrogen-bond acceptors (Lipinski definition) is 4. The van der Waals surface area contributed by atoms with E-state index in [0.29, 0.717) is 6.54 Å². The first-order valence-electron chi connectivity index (χ1n) is 5.28. The van der Waals surface area contributed by atoms with Crippen molar-refractivity contribution in [3.8, 4) is 0 Å². The summed E-state index contributed by atoms with van der Waals surface area (Å²) in [5.41, 5.74) is 8.40. The number of hydrogen-bond donors (Lipinski definition) is 1. The average molecular weight is 228 g/mol. The van der Waals surface area contributed by atoms with Gasteiger partial charge in [-0.15, -0.1) is 5.10 Å². The van der Waals surface area contributed by atoms with Gasteiger partial charge in [-0.05, 0) is 18.2 Å². The van der Waals surface area contributed by atoms with Crippen molar-refractivity contribution in [2.75, 3.05) is 5.73 Å². The highest BCUT2D eigenvalue weighted by molar-refractivity contribution is 5.81. The standard InChI is InChI=1S/C11H12N6/c1-16-6-10(14-15-16)7-17-11-4-9(12)3-2-8(11)5-13-17/h2-6H,7,12H2,1H3. The number of rotatable bonds is 2. The Hall–Kier alpha value is -2.37. The molecule has 0 amide bonds. The number of fused-ring (bicyclic) bond motifs is 1. The first-order valence-corrected chi connectivity index (χ1v) is 5.28. The highest BCUT2D eigenvalue weighted by atomic mass is 15.4. The molecule has 0 aliphatic heterocycles. The molecule has 86 valence electrons. The zero-order valence-corrected chi connectivity index (χ0v) is 9.41. The lowest BCUT2D eigenvalue weighted by Gasteiger charge is -2.00. The van der Waals surface area contributed by atoms with E-state index in [1.165, 1.54) is 0 Å². The number of benzene rings is 1. The SMILES string of the molecule is Cn1cc(Cn2ncc3ccc(N)cc32)nn1. The van der Waals surface area contributed by atoms with Crippen molar-refractivity contribution in [3.05, 3.63) is 36.3 Å². The Bertz CT molecular complexity index is 665. The van der Waals surface area contributed by atoms with Gasteiger partial charge in [0.1, 0.15) is 5.69 Å². The fraction of sp³-hybridized carbons (Fsp3) is 0.182. The van der Waals surface area contributed by atoms with Gasteiger partial charge < -0.3 is 5.73 Å². The predicted octanol–water partition coefficient (Wildman–Crippen LogP) is 0.795. The highest BCUT2D eigenvalue weighted by Gasteiger charge is 2.05. The van der Waals surface area contributed by atoms with Gasteiger partial charge in [0.25, 0.3) is 0 Å². The van der Waals surface area contributed by atoms with Gasteiger partial charge in [0, 0.05) is 24.3 Å². The quantitative estimate of drug-likeness (QED) is 0.658. The van der Waals surface area contributed by atoms with Crippen LogP contribution in [0.25, 0.3) is 10.9 Å². The van der Waals surface area contributed by atoms with E-state index < -0.39 is 0 Å². The van der Waals surface area contributed by atoms with E-state index in [1.54, 1.807) is 4.68 Å². The van der Waals surface area contributed by atoms with Crippen molar-refractivity contribution >= 4 is 16.6 Å². The maximum atomic E-state index is 5.78. The maximum absolute atomic E-state index is 5.78. The third-order valence-electron chi connectivity index (χ3n) is 2.63. The fourth-order valence-electron chi connectivity index (χ4n) is 1.83. The van der Waals surface area contributed by atoms with Crippen LogP contribution in [-0.4, -0.2) is 24.8 Å². The molecule has 0 saturated carbocycles. The van der Waals surface area contributed by atoms with E-state index in [2.05, 4.69) is 15.4 Å². The zero-order chi connectivity index (χ0) is 11.8. The summed E-state index contributed by atoms with van der Waals surface area (Å²) in [5, 5.41) is 13.3. The summed E-state index contributed by atoms with van der Waals surface area (Å²) in [5.74, 6) is 0. The summed E-state index contributed by atoms with van der Waals surface area (Å²) >= 11 is 0. The molecule has 6 heteroatoms. The fourth-order valence-corrected chi connectivity index (χ4v) is 1.83. The molecule has 2 N–H and O–H groups in total. The Labute approximate surface area is 97.6 Å². The summed E-state index contributed by atoms with van der Waals surface area (Å²) in [6, 6.07) is 5.75. The molecule has 3 rings (SSSR count). The van der Waals surface area contributed by atoms with Crippen LogP contribution in [0.15, 0.2) is 30.6 Å². The summed E-state index contributed by atoms with van der Waals surface area (Å²) in [7, 11) is 1.84. The molecule has 0 unspecified atom stereocenters. The minimum absolute atomic E-state index is 0.598. The van der Waals surface area contributed by atoms with E-state index in [0.717, 1.165) is 22.3 Å². The smallest absolute Gasteiger partial charge is 0.104 e. The van der Waals surface area contributed by atoms with Gasteiger partial charge in [-0.25, -0.2) is 0 Å². The summed E-state index contributed by atoms with van der Waals surface area (Å²) in [6.45, 7) is 0.598. The molecule has 0 bridgehead atoms. The normalized spacial score (nSPS) is 11.1. The molecular weight excluding hydrogens is 216 g/mol. The van der Waals surface area contributed by atoms with Gasteiger partial charge in [0.15, 0.2) is 0 Å². The van der Waals surface area contributed by atoms with Gasteiger partial charge in [0.2, 0.25) is 0 Å². The topological polar surface area (TPSA) is 74.5 Å². The van der Waals surface area contributed by atoms with E-state index in [9.17, 15) is 0 Å². The van der Waals surface area contributed by atoms with Crippen LogP contribution in [0.4, 0.5) is 5.69 Å². The van der Waals surface area contributed by atoms with Crippen molar-refractivity contribution in [2.45, 2.75) is 6.54 Å². The first kappa shape index (κ1) is 9.83. The molecule has 0 radical (unpaired) electrons. The second-order valence-corrected chi connectivity index (χ2v) is 4.00. The van der Waals surface area contributed by atoms with Gasteiger partial charge in [-0.3, -0.25) is 9.36 Å². The molecule has 0 saturated heterocycles. The number of aromatic nitrogens is 5. The molecule has 1 aromatic carbocycles. The molecule has 0 spiro atoms. The predicted molar refractivity (Wildman–Crippen MR) is 64.3 cm³/mol. The molecule has 2 aromatic heterocycles. The van der Waals surface area contributed by atoms with Crippen LogP contribution in [0.3, 0.4) is 0 Å². The third kappa shape index (κ3) is 1.73. The Morgan fingerprint density at radius 3 is 3.00 bits per heavy atom. The molecule has 3 aromatic rings. The van der Waals surface area contributed by atoms with Crippen LogP contribution in [0.5, 0.6) is 0 Å². The van der Waals surface area contributed by atoms with Crippen LogP contribution in [-0.2, 0) is 13.6 Å². The van der Waals surface area contributed by atoms with Crippen LogP contribution in [0.2, 0.25) is 0 Å². The summed E-state index contributed by atoms with van der Waals surface area (Å²) < 4.78 is 3.55. The zero-order valence-electron chi connectivity index (χ0n) is 9.41. The lowest BCUT2D eigenvalue weighted by molar-refractivity contribution is 0.687. The van der Waals surface area contributed by atoms with Crippen molar-refractivity contribution < 1.29 is 0 Å². The van der Waals surface area contributed by atoms with E-state index >= 15 is 0 Å². The van der Waals surface area contributed by atoms with Crippen molar-refractivity contribution in [1.29, 1.82) is 0 Å². The van der Waals surface area contributed by atoms with Gasteiger partial charge in [-0.1, -0.05) is 5.21 Å². The average Bonchev–Trinajstić information content (AvgIpc) is 2.87. The molecular formula is C11H12N6. The molecule has 17 heavy (non-hydrogen) atoms. The lowest BCUT2D eigenvalue weighted by atomic mass is 10.2. The second kappa shape index (κ2) is 3.58. The van der Waals surface area contributed by atoms with Crippen molar-refractivity contribution in [2.24, 2.45) is 7.05 Å². The molecule has 0 aliphatic carbocycles. The van der Waals surface area contributed by atoms with Gasteiger partial charge in [0.05, 0.1) is 18.3 Å². The molecule has 0 fully saturated rings. The minimum atomic E-state index is 0.598. The number of nitrogens with two attached hydrogens (primary N) is 1. The Balaban J connectivity index is 2.03. The molecule has 6 nitrogen and oxygen atoms in total. The second-order valence-electron chi connectivity index (χ2n) is 4.00. The monoisotopic (exact) mass is 228 g/mol. The molecule has 2 heterocycles. The van der Waals surface area contributed by atoms with Crippen molar-refractivity contribution in [3.63, 3.8) is 0 Å². The number of aryl methyl sites for hydroxylation is 1. The van der Waals surface area contributed by atoms with E-state index in [4.69, 9.17) is 5.73 Å². The third-order valence-corrected chi connectivity index (χ3v) is 2.63. The summed E-state index contributed by atoms with van der Waals surface area (Å²) in [4.78, 5) is 0. The van der Waals surface area contributed by atoms with Crippen LogP contribution in [0.1, 0.15) is 5.69 Å². The highest BCUT2D eigenvalue weighted by Crippen LogP contribution is 2.17. The molecule has 0 aliphatic rings. The van der Waals surface area contributed by atoms with Crippen molar-refractivity contribution in [1.82, 2.24) is 24.8 Å². The molecule has 0 atom stereocenters. The number of nitrogens with zero attached hydrogens (tertiary/aromatic N) is 5. The lowest BCUT2D eigenvalue weighted by Crippen LogP contribution is -2.02. The van der Waals surface area contributed by atoms with E-state index in [-0.39, 0.29) is 0 Å². The van der Waals surface area contributed by atoms with Gasteiger partial charge in [-0.2, -0.15) is 5.10 Å². The van der Waals surface area contributed by atoms with Crippen LogP contribution < -0.4 is 5.73 Å². The number of nitrogen functional groups attached to an aromatic ring is 1. The Kier molecular flexibility index (Phi) is 2.07. The Morgan fingerprint density at radius 2 is 2.24 bits per heavy atom. The number of anilines is 1.